The Kier molecular flexibility index (Phi) is 8.05. The Hall–Kier alpha value is -2.19. The average Bonchev–Trinajstić information content (AvgIpc) is 3.04. The van der Waals surface area contributed by atoms with Crippen LogP contribution in [0.1, 0.15) is 31.9 Å². The van der Waals surface area contributed by atoms with Crippen LogP contribution in [-0.4, -0.2) is 49.1 Å². The summed E-state index contributed by atoms with van der Waals surface area (Å²) in [5.74, 6) is -2.19. The highest BCUT2D eigenvalue weighted by atomic mass is 28.3. The number of carbonyl (C=O) groups is 2. The molecule has 0 saturated carbocycles. The maximum Gasteiger partial charge on any atom is 0.321 e. The molecule has 2 aromatic rings. The van der Waals surface area contributed by atoms with Gasteiger partial charge in [0, 0.05) is 26.3 Å². The molecule has 172 valence electrons. The molecule has 1 heterocycles. The number of hydrogen-bond donors (Lipinski definition) is 0. The summed E-state index contributed by atoms with van der Waals surface area (Å²) >= 11 is 0. The van der Waals surface area contributed by atoms with Crippen LogP contribution in [0.4, 0.5) is 0 Å². The minimum Gasteiger partial charge on any atom is -0.468 e. The molecule has 1 atom stereocenters. The van der Waals surface area contributed by atoms with Crippen molar-refractivity contribution in [2.45, 2.75) is 72.1 Å². The number of benzene rings is 1. The van der Waals surface area contributed by atoms with Crippen LogP contribution in [0.3, 0.4) is 0 Å². The summed E-state index contributed by atoms with van der Waals surface area (Å²) in [4.78, 5) is 24.8. The van der Waals surface area contributed by atoms with Crippen molar-refractivity contribution in [3.63, 3.8) is 0 Å². The summed E-state index contributed by atoms with van der Waals surface area (Å²) in [5, 5.41) is 5.56. The van der Waals surface area contributed by atoms with Gasteiger partial charge in [0.1, 0.15) is 12.3 Å². The van der Waals surface area contributed by atoms with Crippen molar-refractivity contribution in [3.05, 3.63) is 29.5 Å². The molecule has 0 saturated heterocycles. The van der Waals surface area contributed by atoms with E-state index < -0.39 is 31.5 Å². The van der Waals surface area contributed by atoms with Crippen molar-refractivity contribution in [1.82, 2.24) is 9.78 Å². The largest absolute Gasteiger partial charge is 0.468 e. The first-order chi connectivity index (χ1) is 14.3. The lowest BCUT2D eigenvalue weighted by molar-refractivity contribution is -0.168. The molecule has 0 amide bonds. The quantitative estimate of drug-likeness (QED) is 0.246. The number of esters is 2. The lowest BCUT2D eigenvalue weighted by Crippen LogP contribution is -2.34. The summed E-state index contributed by atoms with van der Waals surface area (Å²) < 4.78 is 17.9. The second-order valence-corrected chi connectivity index (χ2v) is 15.8. The van der Waals surface area contributed by atoms with Gasteiger partial charge in [0.2, 0.25) is 0 Å². The van der Waals surface area contributed by atoms with Gasteiger partial charge in [-0.05, 0) is 57.4 Å². The monoisotopic (exact) mass is 448 g/mol. The number of hydrogen-bond acceptors (Lipinski definition) is 6. The van der Waals surface area contributed by atoms with Crippen molar-refractivity contribution in [2.24, 2.45) is 5.92 Å². The molecule has 7 nitrogen and oxygen atoms in total. The fraction of sp³-hybridized carbons (Fsp3) is 0.609. The topological polar surface area (TPSA) is 79.6 Å². The first kappa shape index (κ1) is 25.1. The smallest absolute Gasteiger partial charge is 0.321 e. The van der Waals surface area contributed by atoms with E-state index in [2.05, 4.69) is 24.7 Å². The van der Waals surface area contributed by atoms with E-state index in [9.17, 15) is 9.59 Å². The zero-order valence-electron chi connectivity index (χ0n) is 20.1. The third-order valence-corrected chi connectivity index (χ3v) is 6.45. The Morgan fingerprint density at radius 1 is 1.16 bits per heavy atom. The molecule has 0 fully saturated rings. The van der Waals surface area contributed by atoms with Crippen LogP contribution in [0.25, 0.3) is 10.9 Å². The molecule has 8 heteroatoms. The number of aromatic nitrogens is 2. The summed E-state index contributed by atoms with van der Waals surface area (Å²) in [5.41, 5.74) is 2.02. The number of nitrogens with zero attached hydrogens (tertiary/aromatic N) is 2. The van der Waals surface area contributed by atoms with Crippen LogP contribution in [0.15, 0.2) is 18.3 Å². The summed E-state index contributed by atoms with van der Waals surface area (Å²) in [7, 11) is 0.151. The van der Waals surface area contributed by atoms with Gasteiger partial charge in [0.15, 0.2) is 5.92 Å². The fourth-order valence-electron chi connectivity index (χ4n) is 3.17. The number of ether oxygens (including phenoxy) is 3. The molecule has 0 aliphatic heterocycles. The van der Waals surface area contributed by atoms with Crippen LogP contribution in [0.2, 0.25) is 25.7 Å². The minimum absolute atomic E-state index is 0.205. The molecular weight excluding hydrogens is 412 g/mol. The van der Waals surface area contributed by atoms with E-state index in [1.807, 2.05) is 25.3 Å². The van der Waals surface area contributed by atoms with E-state index >= 15 is 0 Å². The number of carbonyl (C=O) groups excluding carboxylic acids is 2. The molecule has 1 aromatic heterocycles. The second kappa shape index (κ2) is 9.95. The molecule has 1 aromatic carbocycles. The van der Waals surface area contributed by atoms with Crippen LogP contribution in [0.5, 0.6) is 0 Å². The highest BCUT2D eigenvalue weighted by Gasteiger charge is 2.32. The van der Waals surface area contributed by atoms with Gasteiger partial charge in [0.25, 0.3) is 0 Å². The Balaban J connectivity index is 2.17. The van der Waals surface area contributed by atoms with Gasteiger partial charge in [-0.25, -0.2) is 4.68 Å². The number of aryl methyl sites for hydroxylation is 1. The molecule has 0 spiro atoms. The van der Waals surface area contributed by atoms with E-state index in [-0.39, 0.29) is 6.42 Å². The zero-order chi connectivity index (χ0) is 23.4. The normalized spacial score (nSPS) is 13.3. The summed E-state index contributed by atoms with van der Waals surface area (Å²) in [6.45, 7) is 15.4. The number of fused-ring (bicyclic) bond motifs is 1. The van der Waals surface area contributed by atoms with Gasteiger partial charge in [-0.3, -0.25) is 9.59 Å². The molecule has 0 bridgehead atoms. The van der Waals surface area contributed by atoms with Crippen molar-refractivity contribution in [1.29, 1.82) is 0 Å². The Labute approximate surface area is 186 Å². The summed E-state index contributed by atoms with van der Waals surface area (Å²) in [6, 6.07) is 5.01. The first-order valence-electron chi connectivity index (χ1n) is 10.6. The Bertz CT molecular complexity index is 924. The molecular formula is C23H36N2O5Si. The van der Waals surface area contributed by atoms with Gasteiger partial charge < -0.3 is 14.2 Å². The number of rotatable bonds is 9. The second-order valence-electron chi connectivity index (χ2n) is 10.2. The van der Waals surface area contributed by atoms with E-state index in [0.29, 0.717) is 6.73 Å². The summed E-state index contributed by atoms with van der Waals surface area (Å²) in [6.07, 6.45) is 2.14. The SMILES string of the molecule is COC(=O)C(Cc1cc(C)c2nn(COCC[Si](C)(C)C)cc2c1)C(=O)OC(C)(C)C. The minimum atomic E-state index is -1.13. The highest BCUT2D eigenvalue weighted by Crippen LogP contribution is 2.23. The molecule has 0 aliphatic rings. The van der Waals surface area contributed by atoms with E-state index in [0.717, 1.165) is 34.7 Å². The predicted molar refractivity (Wildman–Crippen MR) is 124 cm³/mol. The number of methoxy groups -OCH3 is 1. The Morgan fingerprint density at radius 3 is 2.42 bits per heavy atom. The third-order valence-electron chi connectivity index (χ3n) is 4.74. The van der Waals surface area contributed by atoms with Crippen molar-refractivity contribution >= 4 is 30.9 Å². The van der Waals surface area contributed by atoms with Crippen molar-refractivity contribution < 1.29 is 23.8 Å². The molecule has 0 N–H and O–H groups in total. The molecule has 1 unspecified atom stereocenters. The van der Waals surface area contributed by atoms with Gasteiger partial charge in [-0.1, -0.05) is 25.7 Å². The fourth-order valence-corrected chi connectivity index (χ4v) is 3.93. The third kappa shape index (κ3) is 7.77. The van der Waals surface area contributed by atoms with Crippen LogP contribution in [0, 0.1) is 12.8 Å². The van der Waals surface area contributed by atoms with Crippen LogP contribution >= 0.6 is 0 Å². The highest BCUT2D eigenvalue weighted by molar-refractivity contribution is 6.76. The van der Waals surface area contributed by atoms with Crippen molar-refractivity contribution in [3.8, 4) is 0 Å². The Morgan fingerprint density at radius 2 is 1.84 bits per heavy atom. The predicted octanol–water partition coefficient (Wildman–Crippen LogP) is 4.33. The first-order valence-corrected chi connectivity index (χ1v) is 14.3. The van der Waals surface area contributed by atoms with Crippen LogP contribution in [-0.2, 0) is 37.0 Å². The van der Waals surface area contributed by atoms with E-state index in [1.54, 1.807) is 25.5 Å². The lowest BCUT2D eigenvalue weighted by Gasteiger charge is -2.23. The van der Waals surface area contributed by atoms with Crippen LogP contribution < -0.4 is 0 Å². The van der Waals surface area contributed by atoms with Gasteiger partial charge >= 0.3 is 11.9 Å². The molecule has 0 radical (unpaired) electrons. The van der Waals surface area contributed by atoms with Gasteiger partial charge in [-0.2, -0.15) is 5.10 Å². The van der Waals surface area contributed by atoms with E-state index in [1.165, 1.54) is 7.11 Å². The van der Waals surface area contributed by atoms with Gasteiger partial charge in [-0.15, -0.1) is 0 Å². The standard InChI is InChI=1S/C23H36N2O5Si/c1-16-11-17(13-19(21(26)28-5)22(27)30-23(2,3)4)12-18-14-25(24-20(16)18)15-29-9-10-31(6,7)8/h11-12,14,19H,9-10,13,15H2,1-8H3. The maximum absolute atomic E-state index is 12.6. The molecule has 31 heavy (non-hydrogen) atoms. The molecule has 0 aliphatic carbocycles. The lowest BCUT2D eigenvalue weighted by atomic mass is 9.96. The van der Waals surface area contributed by atoms with Crippen molar-refractivity contribution in [2.75, 3.05) is 13.7 Å². The zero-order valence-corrected chi connectivity index (χ0v) is 21.1. The average molecular weight is 449 g/mol. The van der Waals surface area contributed by atoms with E-state index in [4.69, 9.17) is 14.2 Å². The maximum atomic E-state index is 12.6. The van der Waals surface area contributed by atoms with Gasteiger partial charge in [0.05, 0.1) is 12.6 Å². The molecule has 2 rings (SSSR count).